The van der Waals surface area contributed by atoms with Crippen LogP contribution in [0.2, 0.25) is 0 Å². The van der Waals surface area contributed by atoms with Gasteiger partial charge in [0.1, 0.15) is 18.1 Å². The second-order valence-corrected chi connectivity index (χ2v) is 12.3. The number of benzene rings is 1. The van der Waals surface area contributed by atoms with Crippen molar-refractivity contribution in [1.29, 1.82) is 0 Å². The molecule has 1 aliphatic carbocycles. The summed E-state index contributed by atoms with van der Waals surface area (Å²) in [5, 5.41) is 2.13. The lowest BCUT2D eigenvalue weighted by Crippen LogP contribution is -2.64. The summed E-state index contributed by atoms with van der Waals surface area (Å²) >= 11 is 1.42. The Bertz CT molecular complexity index is 1370. The van der Waals surface area contributed by atoms with Crippen molar-refractivity contribution in [2.75, 3.05) is 33.9 Å². The van der Waals surface area contributed by atoms with E-state index in [0.29, 0.717) is 37.7 Å². The lowest BCUT2D eigenvalue weighted by Gasteiger charge is -2.46. The third-order valence-corrected chi connectivity index (χ3v) is 10.1. The molecule has 0 spiro atoms. The average molecular weight is 597 g/mol. The minimum atomic E-state index is -0.838. The minimum Gasteiger partial charge on any atom is -0.496 e. The van der Waals surface area contributed by atoms with E-state index in [1.807, 2.05) is 31.2 Å². The monoisotopic (exact) mass is 596 g/mol. The Morgan fingerprint density at radius 2 is 2.00 bits per heavy atom. The van der Waals surface area contributed by atoms with Crippen LogP contribution in [0.25, 0.3) is 4.91 Å². The summed E-state index contributed by atoms with van der Waals surface area (Å²) in [7, 11) is 3.18. The molecule has 11 nitrogen and oxygen atoms in total. The van der Waals surface area contributed by atoms with E-state index >= 15 is 0 Å². The zero-order chi connectivity index (χ0) is 29.4. The number of hydrogen-bond donors (Lipinski definition) is 1. The average Bonchev–Trinajstić information content (AvgIpc) is 3.38. The Morgan fingerprint density at radius 3 is 2.67 bits per heavy atom. The van der Waals surface area contributed by atoms with E-state index in [1.54, 1.807) is 25.3 Å². The van der Waals surface area contributed by atoms with Gasteiger partial charge in [-0.2, -0.15) is 0 Å². The van der Waals surface area contributed by atoms with Crippen LogP contribution in [-0.2, 0) is 19.1 Å². The molecule has 1 N–H and O–H groups in total. The van der Waals surface area contributed by atoms with Crippen LogP contribution >= 0.6 is 11.8 Å². The van der Waals surface area contributed by atoms with E-state index in [4.69, 9.17) is 18.6 Å². The lowest BCUT2D eigenvalue weighted by atomic mass is 9.93. The van der Waals surface area contributed by atoms with Gasteiger partial charge in [0.25, 0.3) is 0 Å². The van der Waals surface area contributed by atoms with Gasteiger partial charge >= 0.3 is 6.03 Å². The number of carbonyl (C=O) groups is 3. The number of carbonyl (C=O) groups excluding carboxylic acids is 3. The highest BCUT2D eigenvalue weighted by Gasteiger charge is 2.62. The normalized spacial score (nSPS) is 24.5. The molecular formula is C30H36N4O7S. The number of hydrogen-bond acceptors (Lipinski definition) is 9. The summed E-state index contributed by atoms with van der Waals surface area (Å²) in [6.45, 7) is 3.31. The number of fused-ring (bicyclic) bond motifs is 1. The Labute approximate surface area is 248 Å². The molecule has 0 bridgehead atoms. The number of urea groups is 1. The Hall–Kier alpha value is -3.35. The van der Waals surface area contributed by atoms with E-state index < -0.39 is 29.0 Å². The van der Waals surface area contributed by atoms with Crippen LogP contribution in [0.5, 0.6) is 5.75 Å². The first-order valence-electron chi connectivity index (χ1n) is 14.4. The summed E-state index contributed by atoms with van der Waals surface area (Å²) < 4.78 is 23.6. The second kappa shape index (κ2) is 11.7. The van der Waals surface area contributed by atoms with Crippen LogP contribution in [0.15, 0.2) is 46.7 Å². The maximum absolute atomic E-state index is 14.5. The number of ether oxygens (including phenoxy) is 3. The quantitative estimate of drug-likeness (QED) is 0.434. The van der Waals surface area contributed by atoms with Gasteiger partial charge in [-0.15, -0.1) is 0 Å². The van der Waals surface area contributed by atoms with Gasteiger partial charge in [0.15, 0.2) is 0 Å². The van der Waals surface area contributed by atoms with Crippen molar-refractivity contribution in [2.24, 2.45) is 5.92 Å². The van der Waals surface area contributed by atoms with Crippen molar-refractivity contribution in [2.45, 2.75) is 62.1 Å². The molecule has 4 heterocycles. The number of para-hydroxylation sites is 1. The first kappa shape index (κ1) is 28.8. The Morgan fingerprint density at radius 1 is 1.24 bits per heavy atom. The molecule has 0 radical (unpaired) electrons. The summed E-state index contributed by atoms with van der Waals surface area (Å²) in [4.78, 5) is 49.4. The largest absolute Gasteiger partial charge is 0.496 e. The van der Waals surface area contributed by atoms with Crippen molar-refractivity contribution < 1.29 is 33.0 Å². The van der Waals surface area contributed by atoms with Crippen molar-refractivity contribution in [3.05, 3.63) is 53.8 Å². The first-order valence-corrected chi connectivity index (χ1v) is 15.2. The minimum absolute atomic E-state index is 0.0518. The van der Waals surface area contributed by atoms with E-state index in [9.17, 15) is 14.4 Å². The van der Waals surface area contributed by atoms with Gasteiger partial charge < -0.3 is 28.8 Å². The third-order valence-electron chi connectivity index (χ3n) is 8.65. The number of methoxy groups -OCH3 is 1. The molecule has 2 unspecified atom stereocenters. The zero-order valence-electron chi connectivity index (χ0n) is 24.0. The molecule has 1 saturated carbocycles. The molecule has 3 fully saturated rings. The molecule has 1 aromatic heterocycles. The van der Waals surface area contributed by atoms with Gasteiger partial charge in [0.2, 0.25) is 17.7 Å². The van der Waals surface area contributed by atoms with Crippen molar-refractivity contribution in [1.82, 2.24) is 20.1 Å². The molecule has 4 amide bonds. The number of aromatic nitrogens is 1. The zero-order valence-corrected chi connectivity index (χ0v) is 24.9. The summed E-state index contributed by atoms with van der Waals surface area (Å²) in [5.41, 5.74) is 0.788. The van der Waals surface area contributed by atoms with Crippen molar-refractivity contribution in [3.8, 4) is 5.75 Å². The van der Waals surface area contributed by atoms with Gasteiger partial charge in [0, 0.05) is 25.8 Å². The number of imide groups is 1. The van der Waals surface area contributed by atoms with Crippen LogP contribution in [0.1, 0.15) is 56.6 Å². The van der Waals surface area contributed by atoms with E-state index in [2.05, 4.69) is 10.3 Å². The third kappa shape index (κ3) is 5.20. The highest BCUT2D eigenvalue weighted by molar-refractivity contribution is 8.09. The fourth-order valence-corrected chi connectivity index (χ4v) is 7.73. The molecular weight excluding hydrogens is 560 g/mol. The van der Waals surface area contributed by atoms with E-state index in [1.165, 1.54) is 22.9 Å². The van der Waals surface area contributed by atoms with Crippen LogP contribution in [0.3, 0.4) is 0 Å². The summed E-state index contributed by atoms with van der Waals surface area (Å²) in [6, 6.07) is 7.25. The summed E-state index contributed by atoms with van der Waals surface area (Å²) in [6.07, 6.45) is 5.22. The molecule has 3 atom stereocenters. The fraction of sp³-hybridized carbons (Fsp3) is 0.533. The van der Waals surface area contributed by atoms with Crippen molar-refractivity contribution >= 4 is 34.5 Å². The number of oxazole rings is 1. The predicted molar refractivity (Wildman–Crippen MR) is 154 cm³/mol. The fourth-order valence-electron chi connectivity index (χ4n) is 6.21. The topological polar surface area (TPSA) is 123 Å². The number of rotatable bonds is 10. The molecule has 224 valence electrons. The van der Waals surface area contributed by atoms with Crippen LogP contribution < -0.4 is 10.1 Å². The molecule has 2 aromatic rings. The van der Waals surface area contributed by atoms with E-state index in [-0.39, 0.29) is 30.9 Å². The van der Waals surface area contributed by atoms with Gasteiger partial charge in [-0.1, -0.05) is 30.0 Å². The lowest BCUT2D eigenvalue weighted by molar-refractivity contribution is -0.140. The van der Waals surface area contributed by atoms with Gasteiger partial charge in [-0.05, 0) is 44.2 Å². The number of nitrogens with one attached hydrogen (secondary N) is 1. The van der Waals surface area contributed by atoms with Crippen LogP contribution in [0, 0.1) is 5.92 Å². The number of nitrogens with zero attached hydrogens (tertiary/aromatic N) is 3. The second-order valence-electron chi connectivity index (χ2n) is 11.2. The van der Waals surface area contributed by atoms with Crippen LogP contribution in [0.4, 0.5) is 4.79 Å². The molecule has 2 saturated heterocycles. The number of amides is 4. The van der Waals surface area contributed by atoms with Crippen molar-refractivity contribution in [3.63, 3.8) is 0 Å². The Balaban J connectivity index is 1.39. The van der Waals surface area contributed by atoms with Gasteiger partial charge in [-0.25, -0.2) is 9.78 Å². The molecule has 3 aliphatic heterocycles. The molecule has 12 heteroatoms. The SMILES string of the molecule is CNC(=O)CC1(N2C(=O)C3C(C)=C(c4ncco4)SC3N(C[C@H](OC3CCOCC3)c3ccccc3OC)C2=O)CC1. The maximum atomic E-state index is 14.5. The molecule has 6 rings (SSSR count). The smallest absolute Gasteiger partial charge is 0.328 e. The Kier molecular flexibility index (Phi) is 8.03. The standard InChI is InChI=1S/C30H36N4O7S/c1-18-24-27(36)34(30(10-11-30)16-23(35)31-2)29(37)33(28(24)42-25(18)26-32-12-15-40-26)17-22(41-19-8-13-39-14-9-19)20-6-4-5-7-21(20)38-3/h4-7,12,15,19,22,24,28H,8-11,13-14,16-17H2,1-3H3,(H,31,35)/t22-,24?,28?/m0/s1. The maximum Gasteiger partial charge on any atom is 0.328 e. The molecule has 42 heavy (non-hydrogen) atoms. The predicted octanol–water partition coefficient (Wildman–Crippen LogP) is 3.97. The summed E-state index contributed by atoms with van der Waals surface area (Å²) in [5.74, 6) is -0.0165. The van der Waals surface area contributed by atoms with Gasteiger partial charge in [-0.3, -0.25) is 14.5 Å². The molecule has 1 aromatic carbocycles. The number of thioether (sulfide) groups is 1. The van der Waals surface area contributed by atoms with E-state index in [0.717, 1.165) is 28.9 Å². The molecule has 4 aliphatic rings. The highest BCUT2D eigenvalue weighted by atomic mass is 32.2. The first-order chi connectivity index (χ1) is 20.4. The van der Waals surface area contributed by atoms with Crippen LogP contribution in [-0.4, -0.2) is 83.6 Å². The van der Waals surface area contributed by atoms with Gasteiger partial charge in [0.05, 0.1) is 54.1 Å². The highest BCUT2D eigenvalue weighted by Crippen LogP contribution is 2.55.